The summed E-state index contributed by atoms with van der Waals surface area (Å²) in [7, 11) is 0. The summed E-state index contributed by atoms with van der Waals surface area (Å²) < 4.78 is 0. The van der Waals surface area contributed by atoms with E-state index in [-0.39, 0.29) is 31.1 Å². The SMILES string of the molecule is N#C[C@@H]1C[C@@]2(CN1C(=O)[C@@H](Cc1ccccc1)C(=O)c1ccccc1)C(=O)Nc1ccccc12. The summed E-state index contributed by atoms with van der Waals surface area (Å²) >= 11 is 0. The number of anilines is 1. The van der Waals surface area contributed by atoms with Gasteiger partial charge in [0.2, 0.25) is 11.8 Å². The predicted molar refractivity (Wildman–Crippen MR) is 127 cm³/mol. The van der Waals surface area contributed by atoms with Gasteiger partial charge in [-0.05, 0) is 23.6 Å². The number of Topliss-reactive ketones (excluding diaryl/α,β-unsaturated/α-hetero) is 1. The fourth-order valence-electron chi connectivity index (χ4n) is 5.13. The molecule has 2 aliphatic rings. The number of rotatable bonds is 5. The molecule has 0 bridgehead atoms. The third-order valence-electron chi connectivity index (χ3n) is 6.87. The number of amides is 2. The number of benzene rings is 3. The number of para-hydroxylation sites is 1. The Morgan fingerprint density at radius 2 is 1.65 bits per heavy atom. The molecule has 3 atom stereocenters. The average molecular weight is 450 g/mol. The first kappa shape index (κ1) is 21.6. The third kappa shape index (κ3) is 3.56. The number of likely N-dealkylation sites (tertiary alicyclic amines) is 1. The fourth-order valence-corrected chi connectivity index (χ4v) is 5.13. The summed E-state index contributed by atoms with van der Waals surface area (Å²) in [6.07, 6.45) is 0.424. The predicted octanol–water partition coefficient (Wildman–Crippen LogP) is 3.74. The van der Waals surface area contributed by atoms with Crippen LogP contribution in [0.5, 0.6) is 0 Å². The smallest absolute Gasteiger partial charge is 0.237 e. The van der Waals surface area contributed by atoms with E-state index in [4.69, 9.17) is 0 Å². The Bertz CT molecular complexity index is 1300. The minimum absolute atomic E-state index is 0.0697. The van der Waals surface area contributed by atoms with Crippen molar-refractivity contribution in [3.8, 4) is 6.07 Å². The van der Waals surface area contributed by atoms with E-state index in [0.717, 1.165) is 11.1 Å². The van der Waals surface area contributed by atoms with E-state index in [9.17, 15) is 19.6 Å². The molecule has 2 heterocycles. The molecule has 0 aromatic heterocycles. The molecule has 0 aliphatic carbocycles. The number of nitrogens with one attached hydrogen (secondary N) is 1. The van der Waals surface area contributed by atoms with E-state index >= 15 is 0 Å². The Kier molecular flexibility index (Phi) is 5.46. The van der Waals surface area contributed by atoms with Crippen LogP contribution < -0.4 is 5.32 Å². The van der Waals surface area contributed by atoms with Crippen LogP contribution in [0.4, 0.5) is 5.69 Å². The Hall–Kier alpha value is -4.24. The maximum absolute atomic E-state index is 13.9. The molecule has 6 heteroatoms. The van der Waals surface area contributed by atoms with Crippen LogP contribution in [-0.2, 0) is 21.4 Å². The molecule has 3 aromatic rings. The summed E-state index contributed by atoms with van der Waals surface area (Å²) in [6, 6.07) is 26.9. The number of nitrogens with zero attached hydrogens (tertiary/aromatic N) is 2. The van der Waals surface area contributed by atoms with Crippen molar-refractivity contribution in [2.45, 2.75) is 24.3 Å². The third-order valence-corrected chi connectivity index (χ3v) is 6.87. The molecule has 0 saturated carbocycles. The van der Waals surface area contributed by atoms with Crippen molar-refractivity contribution in [2.75, 3.05) is 11.9 Å². The summed E-state index contributed by atoms with van der Waals surface area (Å²) in [5.41, 5.74) is 1.82. The first-order valence-electron chi connectivity index (χ1n) is 11.3. The number of carbonyl (C=O) groups is 3. The van der Waals surface area contributed by atoms with Crippen LogP contribution in [0.3, 0.4) is 0 Å². The highest BCUT2D eigenvalue weighted by Crippen LogP contribution is 2.46. The summed E-state index contributed by atoms with van der Waals surface area (Å²) in [5, 5.41) is 12.8. The van der Waals surface area contributed by atoms with E-state index in [1.54, 1.807) is 24.3 Å². The standard InChI is InChI=1S/C28H23N3O3/c29-17-21-16-28(23-13-7-8-14-24(23)30-27(28)34)18-31(21)26(33)22(15-19-9-3-1-4-10-19)25(32)20-11-5-2-6-12-20/h1-14,21-22H,15-16,18H2,(H,30,34)/t21-,22-,28-/m0/s1. The van der Waals surface area contributed by atoms with Gasteiger partial charge in [0.25, 0.3) is 0 Å². The molecule has 168 valence electrons. The van der Waals surface area contributed by atoms with Gasteiger partial charge in [0, 0.05) is 24.2 Å². The van der Waals surface area contributed by atoms with Crippen LogP contribution >= 0.6 is 0 Å². The van der Waals surface area contributed by atoms with Gasteiger partial charge in [-0.3, -0.25) is 14.4 Å². The van der Waals surface area contributed by atoms with E-state index in [2.05, 4.69) is 11.4 Å². The number of hydrogen-bond acceptors (Lipinski definition) is 4. The number of carbonyl (C=O) groups excluding carboxylic acids is 3. The minimum atomic E-state index is -0.990. The molecule has 2 aliphatic heterocycles. The largest absolute Gasteiger partial charge is 0.325 e. The topological polar surface area (TPSA) is 90.3 Å². The van der Waals surface area contributed by atoms with E-state index in [0.29, 0.717) is 11.3 Å². The van der Waals surface area contributed by atoms with Crippen LogP contribution in [0.25, 0.3) is 0 Å². The first-order chi connectivity index (χ1) is 16.5. The number of fused-ring (bicyclic) bond motifs is 2. The van der Waals surface area contributed by atoms with Gasteiger partial charge in [-0.15, -0.1) is 0 Å². The van der Waals surface area contributed by atoms with Crippen molar-refractivity contribution in [3.05, 3.63) is 102 Å². The van der Waals surface area contributed by atoms with Crippen molar-refractivity contribution in [1.82, 2.24) is 4.90 Å². The van der Waals surface area contributed by atoms with Crippen LogP contribution in [0, 0.1) is 17.2 Å². The number of nitriles is 1. The average Bonchev–Trinajstić information content (AvgIpc) is 3.41. The quantitative estimate of drug-likeness (QED) is 0.475. The molecule has 3 aromatic carbocycles. The number of ketones is 1. The molecule has 0 radical (unpaired) electrons. The zero-order valence-corrected chi connectivity index (χ0v) is 18.5. The molecule has 0 unspecified atom stereocenters. The van der Waals surface area contributed by atoms with Gasteiger partial charge in [0.15, 0.2) is 5.78 Å². The van der Waals surface area contributed by atoms with Crippen molar-refractivity contribution >= 4 is 23.3 Å². The zero-order valence-electron chi connectivity index (χ0n) is 18.5. The molecule has 1 fully saturated rings. The van der Waals surface area contributed by atoms with E-state index in [1.807, 2.05) is 60.7 Å². The normalized spacial score (nSPS) is 21.6. The molecule has 34 heavy (non-hydrogen) atoms. The molecule has 1 saturated heterocycles. The highest BCUT2D eigenvalue weighted by Gasteiger charge is 2.56. The Labute approximate surface area is 197 Å². The van der Waals surface area contributed by atoms with Crippen LogP contribution in [0.2, 0.25) is 0 Å². The molecule has 1 N–H and O–H groups in total. The lowest BCUT2D eigenvalue weighted by Crippen LogP contribution is -2.45. The van der Waals surface area contributed by atoms with Crippen LogP contribution in [-0.4, -0.2) is 35.1 Å². The second-order valence-corrected chi connectivity index (χ2v) is 8.87. The van der Waals surface area contributed by atoms with Gasteiger partial charge in [-0.2, -0.15) is 5.26 Å². The molecule has 6 nitrogen and oxygen atoms in total. The fraction of sp³-hybridized carbons (Fsp3) is 0.214. The minimum Gasteiger partial charge on any atom is -0.325 e. The van der Waals surface area contributed by atoms with Gasteiger partial charge in [0.05, 0.1) is 11.5 Å². The van der Waals surface area contributed by atoms with Crippen molar-refractivity contribution in [1.29, 1.82) is 5.26 Å². The van der Waals surface area contributed by atoms with Crippen LogP contribution in [0.15, 0.2) is 84.9 Å². The molecule has 1 spiro atoms. The van der Waals surface area contributed by atoms with Gasteiger partial charge in [-0.1, -0.05) is 78.9 Å². The van der Waals surface area contributed by atoms with E-state index in [1.165, 1.54) is 4.90 Å². The molecular weight excluding hydrogens is 426 g/mol. The second kappa shape index (κ2) is 8.60. The van der Waals surface area contributed by atoms with Gasteiger partial charge >= 0.3 is 0 Å². The summed E-state index contributed by atoms with van der Waals surface area (Å²) in [6.45, 7) is 0.0697. The summed E-state index contributed by atoms with van der Waals surface area (Å²) in [4.78, 5) is 41.9. The lowest BCUT2D eigenvalue weighted by atomic mass is 9.80. The molecular formula is C28H23N3O3. The highest BCUT2D eigenvalue weighted by atomic mass is 16.2. The Balaban J connectivity index is 1.51. The van der Waals surface area contributed by atoms with Gasteiger partial charge in [-0.25, -0.2) is 0 Å². The number of hydrogen-bond donors (Lipinski definition) is 1. The zero-order chi connectivity index (χ0) is 23.7. The summed E-state index contributed by atoms with van der Waals surface area (Å²) in [5.74, 6) is -1.91. The lowest BCUT2D eigenvalue weighted by molar-refractivity contribution is -0.134. The highest BCUT2D eigenvalue weighted by molar-refractivity contribution is 6.11. The lowest BCUT2D eigenvalue weighted by Gasteiger charge is -2.26. The first-order valence-corrected chi connectivity index (χ1v) is 11.3. The Morgan fingerprint density at radius 1 is 1.00 bits per heavy atom. The van der Waals surface area contributed by atoms with Gasteiger partial charge < -0.3 is 10.2 Å². The van der Waals surface area contributed by atoms with Crippen molar-refractivity contribution in [3.63, 3.8) is 0 Å². The monoisotopic (exact) mass is 449 g/mol. The molecule has 5 rings (SSSR count). The maximum Gasteiger partial charge on any atom is 0.237 e. The maximum atomic E-state index is 13.9. The second-order valence-electron chi connectivity index (χ2n) is 8.87. The van der Waals surface area contributed by atoms with Crippen molar-refractivity contribution in [2.24, 2.45) is 5.92 Å². The molecule has 2 amide bonds. The van der Waals surface area contributed by atoms with Crippen LogP contribution in [0.1, 0.15) is 27.9 Å². The van der Waals surface area contributed by atoms with Crippen molar-refractivity contribution < 1.29 is 14.4 Å². The van der Waals surface area contributed by atoms with E-state index < -0.39 is 23.3 Å². The van der Waals surface area contributed by atoms with Gasteiger partial charge in [0.1, 0.15) is 12.0 Å². The Morgan fingerprint density at radius 3 is 2.35 bits per heavy atom.